The van der Waals surface area contributed by atoms with Crippen LogP contribution in [0.15, 0.2) is 24.3 Å². The topological polar surface area (TPSA) is 15.3 Å². The van der Waals surface area contributed by atoms with Crippen molar-refractivity contribution >= 4 is 0 Å². The number of hydrogen-bond donors (Lipinski definition) is 1. The standard InChI is InChI=1S/C16H26N2/c1-3-17-12-14(2)13-18-10-8-15-6-4-5-7-16(15)9-11-18/h4-7,14,17H,3,8-13H2,1-2H3. The lowest BCUT2D eigenvalue weighted by atomic mass is 10.0. The number of nitrogens with one attached hydrogen (secondary N) is 1. The number of nitrogens with zero attached hydrogens (tertiary/aromatic N) is 1. The molecule has 1 N–H and O–H groups in total. The Kier molecular flexibility index (Phi) is 5.21. The second-order valence-corrected chi connectivity index (χ2v) is 5.48. The minimum atomic E-state index is 0.742. The Hall–Kier alpha value is -0.860. The van der Waals surface area contributed by atoms with Crippen LogP contribution in [0, 0.1) is 5.92 Å². The van der Waals surface area contributed by atoms with E-state index in [0.717, 1.165) is 19.0 Å². The van der Waals surface area contributed by atoms with Gasteiger partial charge < -0.3 is 10.2 Å². The lowest BCUT2D eigenvalue weighted by Crippen LogP contribution is -2.35. The van der Waals surface area contributed by atoms with Gasteiger partial charge in [-0.2, -0.15) is 0 Å². The molecule has 2 heteroatoms. The maximum Gasteiger partial charge on any atom is 0.00222 e. The molecule has 0 saturated heterocycles. The predicted molar refractivity (Wildman–Crippen MR) is 78.0 cm³/mol. The molecule has 0 bridgehead atoms. The minimum absolute atomic E-state index is 0.742. The molecule has 0 radical (unpaired) electrons. The molecular weight excluding hydrogens is 220 g/mol. The van der Waals surface area contributed by atoms with Gasteiger partial charge in [-0.3, -0.25) is 0 Å². The van der Waals surface area contributed by atoms with Crippen molar-refractivity contribution in [3.05, 3.63) is 35.4 Å². The minimum Gasteiger partial charge on any atom is -0.317 e. The van der Waals surface area contributed by atoms with Crippen LogP contribution in [0.2, 0.25) is 0 Å². The van der Waals surface area contributed by atoms with Crippen LogP contribution in [-0.2, 0) is 12.8 Å². The number of fused-ring (bicyclic) bond motifs is 1. The van der Waals surface area contributed by atoms with Crippen molar-refractivity contribution in [1.29, 1.82) is 0 Å². The van der Waals surface area contributed by atoms with Crippen molar-refractivity contribution in [2.75, 3.05) is 32.7 Å². The van der Waals surface area contributed by atoms with Crippen LogP contribution in [0.5, 0.6) is 0 Å². The highest BCUT2D eigenvalue weighted by Crippen LogP contribution is 2.16. The number of benzene rings is 1. The van der Waals surface area contributed by atoms with Gasteiger partial charge in [0.2, 0.25) is 0 Å². The maximum absolute atomic E-state index is 3.44. The molecule has 1 aliphatic heterocycles. The summed E-state index contributed by atoms with van der Waals surface area (Å²) in [6.07, 6.45) is 2.42. The third-order valence-corrected chi connectivity index (χ3v) is 3.83. The van der Waals surface area contributed by atoms with E-state index >= 15 is 0 Å². The summed E-state index contributed by atoms with van der Waals surface area (Å²) in [7, 11) is 0. The summed E-state index contributed by atoms with van der Waals surface area (Å²) in [5.41, 5.74) is 3.11. The molecule has 2 nitrogen and oxygen atoms in total. The summed E-state index contributed by atoms with van der Waals surface area (Å²) < 4.78 is 0. The van der Waals surface area contributed by atoms with E-state index in [1.807, 2.05) is 0 Å². The van der Waals surface area contributed by atoms with Crippen LogP contribution in [-0.4, -0.2) is 37.6 Å². The molecule has 0 amide bonds. The summed E-state index contributed by atoms with van der Waals surface area (Å²) >= 11 is 0. The number of rotatable bonds is 5. The molecule has 2 rings (SSSR count). The summed E-state index contributed by atoms with van der Waals surface area (Å²) in [5.74, 6) is 0.742. The summed E-state index contributed by atoms with van der Waals surface area (Å²) in [4.78, 5) is 2.63. The van der Waals surface area contributed by atoms with Crippen molar-refractivity contribution in [3.8, 4) is 0 Å². The van der Waals surface area contributed by atoms with Gasteiger partial charge in [-0.15, -0.1) is 0 Å². The molecule has 0 aliphatic carbocycles. The average molecular weight is 246 g/mol. The van der Waals surface area contributed by atoms with Crippen LogP contribution < -0.4 is 5.32 Å². The zero-order valence-electron chi connectivity index (χ0n) is 11.8. The van der Waals surface area contributed by atoms with Gasteiger partial charge in [0, 0.05) is 19.6 Å². The first-order valence-corrected chi connectivity index (χ1v) is 7.29. The van der Waals surface area contributed by atoms with Gasteiger partial charge in [0.25, 0.3) is 0 Å². The zero-order valence-corrected chi connectivity index (χ0v) is 11.8. The van der Waals surface area contributed by atoms with Crippen LogP contribution in [0.4, 0.5) is 0 Å². The van der Waals surface area contributed by atoms with E-state index in [-0.39, 0.29) is 0 Å². The third kappa shape index (κ3) is 3.82. The Bertz CT molecular complexity index is 335. The van der Waals surface area contributed by atoms with Crippen LogP contribution in [0.25, 0.3) is 0 Å². The van der Waals surface area contributed by atoms with Gasteiger partial charge >= 0.3 is 0 Å². The molecule has 18 heavy (non-hydrogen) atoms. The Morgan fingerprint density at radius 2 is 1.78 bits per heavy atom. The number of hydrogen-bond acceptors (Lipinski definition) is 2. The predicted octanol–water partition coefficient (Wildman–Crippen LogP) is 2.33. The van der Waals surface area contributed by atoms with Crippen molar-refractivity contribution in [2.45, 2.75) is 26.7 Å². The van der Waals surface area contributed by atoms with E-state index in [1.54, 1.807) is 11.1 Å². The molecule has 0 saturated carbocycles. The lowest BCUT2D eigenvalue weighted by Gasteiger charge is -2.24. The largest absolute Gasteiger partial charge is 0.317 e. The fourth-order valence-corrected chi connectivity index (χ4v) is 2.79. The van der Waals surface area contributed by atoms with Crippen molar-refractivity contribution in [3.63, 3.8) is 0 Å². The second kappa shape index (κ2) is 6.91. The molecule has 1 unspecified atom stereocenters. The highest BCUT2D eigenvalue weighted by atomic mass is 15.1. The molecule has 0 spiro atoms. The summed E-state index contributed by atoms with van der Waals surface area (Å²) in [5, 5.41) is 3.44. The van der Waals surface area contributed by atoms with Crippen molar-refractivity contribution < 1.29 is 0 Å². The molecule has 1 atom stereocenters. The van der Waals surface area contributed by atoms with Gasteiger partial charge in [0.15, 0.2) is 0 Å². The van der Waals surface area contributed by atoms with Gasteiger partial charge in [-0.1, -0.05) is 38.1 Å². The van der Waals surface area contributed by atoms with E-state index in [9.17, 15) is 0 Å². The Balaban J connectivity index is 1.84. The Morgan fingerprint density at radius 1 is 1.17 bits per heavy atom. The first-order valence-electron chi connectivity index (χ1n) is 7.29. The molecule has 1 heterocycles. The molecule has 1 aliphatic rings. The summed E-state index contributed by atoms with van der Waals surface area (Å²) in [6.45, 7) is 10.4. The van der Waals surface area contributed by atoms with Gasteiger partial charge in [0.1, 0.15) is 0 Å². The monoisotopic (exact) mass is 246 g/mol. The first-order chi connectivity index (χ1) is 8.79. The highest BCUT2D eigenvalue weighted by Gasteiger charge is 2.15. The molecule has 0 aromatic heterocycles. The zero-order chi connectivity index (χ0) is 12.8. The van der Waals surface area contributed by atoms with E-state index in [0.29, 0.717) is 0 Å². The SMILES string of the molecule is CCNCC(C)CN1CCc2ccccc2CC1. The van der Waals surface area contributed by atoms with Gasteiger partial charge in [-0.25, -0.2) is 0 Å². The fraction of sp³-hybridized carbons (Fsp3) is 0.625. The van der Waals surface area contributed by atoms with Gasteiger partial charge in [0.05, 0.1) is 0 Å². The summed E-state index contributed by atoms with van der Waals surface area (Å²) in [6, 6.07) is 8.92. The van der Waals surface area contributed by atoms with Gasteiger partial charge in [-0.05, 0) is 43.0 Å². The second-order valence-electron chi connectivity index (χ2n) is 5.48. The maximum atomic E-state index is 3.44. The lowest BCUT2D eigenvalue weighted by molar-refractivity contribution is 0.245. The van der Waals surface area contributed by atoms with E-state index in [4.69, 9.17) is 0 Å². The van der Waals surface area contributed by atoms with Crippen molar-refractivity contribution in [1.82, 2.24) is 10.2 Å². The Labute approximate surface area is 111 Å². The third-order valence-electron chi connectivity index (χ3n) is 3.83. The fourth-order valence-electron chi connectivity index (χ4n) is 2.79. The molecule has 100 valence electrons. The van der Waals surface area contributed by atoms with Crippen LogP contribution in [0.1, 0.15) is 25.0 Å². The van der Waals surface area contributed by atoms with E-state index in [1.165, 1.54) is 32.5 Å². The molecule has 1 aromatic rings. The first kappa shape index (κ1) is 13.6. The Morgan fingerprint density at radius 3 is 2.33 bits per heavy atom. The van der Waals surface area contributed by atoms with Crippen LogP contribution in [0.3, 0.4) is 0 Å². The normalized spacial score (nSPS) is 18.1. The molecular formula is C16H26N2. The molecule has 0 fully saturated rings. The highest BCUT2D eigenvalue weighted by molar-refractivity contribution is 5.28. The smallest absolute Gasteiger partial charge is 0.00222 e. The van der Waals surface area contributed by atoms with E-state index < -0.39 is 0 Å². The quantitative estimate of drug-likeness (QED) is 0.858. The van der Waals surface area contributed by atoms with Crippen LogP contribution >= 0.6 is 0 Å². The molecule has 1 aromatic carbocycles. The average Bonchev–Trinajstić information content (AvgIpc) is 2.59. The van der Waals surface area contributed by atoms with E-state index in [2.05, 4.69) is 48.3 Å². The van der Waals surface area contributed by atoms with Crippen molar-refractivity contribution in [2.24, 2.45) is 5.92 Å².